The van der Waals surface area contributed by atoms with Gasteiger partial charge in [0.1, 0.15) is 0 Å². The first kappa shape index (κ1) is 16.2. The fourth-order valence-corrected chi connectivity index (χ4v) is 3.84. The van der Waals surface area contributed by atoms with Crippen LogP contribution in [0.25, 0.3) is 0 Å². The molecule has 0 heterocycles. The molecule has 0 aromatic heterocycles. The van der Waals surface area contributed by atoms with Crippen molar-refractivity contribution in [1.29, 1.82) is 0 Å². The summed E-state index contributed by atoms with van der Waals surface area (Å²) in [5.74, 6) is 0.346. The molecule has 0 amide bonds. The molecule has 1 unspecified atom stereocenters. The molecule has 3 nitrogen and oxygen atoms in total. The molecule has 1 aromatic rings. The van der Waals surface area contributed by atoms with Crippen molar-refractivity contribution < 1.29 is 8.42 Å². The average molecular weight is 375 g/mol. The van der Waals surface area contributed by atoms with E-state index in [0.29, 0.717) is 9.50 Å². The van der Waals surface area contributed by atoms with Crippen molar-refractivity contribution in [2.24, 2.45) is 5.92 Å². The Morgan fingerprint density at radius 2 is 2.00 bits per heavy atom. The molecule has 0 saturated heterocycles. The van der Waals surface area contributed by atoms with E-state index in [0.717, 1.165) is 0 Å². The number of nitrogens with one attached hydrogen (secondary N) is 1. The Kier molecular flexibility index (Phi) is 5.93. The van der Waals surface area contributed by atoms with Gasteiger partial charge in [0.25, 0.3) is 0 Å². The van der Waals surface area contributed by atoms with Crippen molar-refractivity contribution >= 4 is 49.2 Å². The van der Waals surface area contributed by atoms with E-state index in [9.17, 15) is 8.42 Å². The number of hydrogen-bond donors (Lipinski definition) is 1. The van der Waals surface area contributed by atoms with Crippen LogP contribution in [0.2, 0.25) is 5.02 Å². The summed E-state index contributed by atoms with van der Waals surface area (Å²) >= 11 is 14.8. The second-order valence-corrected chi connectivity index (χ2v) is 7.49. The van der Waals surface area contributed by atoms with Gasteiger partial charge in [0, 0.05) is 16.4 Å². The fourth-order valence-electron chi connectivity index (χ4n) is 1.26. The van der Waals surface area contributed by atoms with Crippen LogP contribution in [0.3, 0.4) is 0 Å². The normalized spacial score (nSPS) is 13.9. The zero-order valence-electron chi connectivity index (χ0n) is 9.95. The monoisotopic (exact) mass is 373 g/mol. The van der Waals surface area contributed by atoms with E-state index in [2.05, 4.69) is 20.7 Å². The quantitative estimate of drug-likeness (QED) is 0.799. The molecule has 0 saturated carbocycles. The highest BCUT2D eigenvalue weighted by Gasteiger charge is 2.22. The molecule has 0 spiro atoms. The van der Waals surface area contributed by atoms with Crippen LogP contribution in [0.1, 0.15) is 13.8 Å². The lowest BCUT2D eigenvalue weighted by Crippen LogP contribution is -2.39. The van der Waals surface area contributed by atoms with Crippen LogP contribution in [-0.2, 0) is 10.0 Å². The molecule has 0 aliphatic rings. The third-order valence-corrected chi connectivity index (χ3v) is 5.51. The molecular weight excluding hydrogens is 361 g/mol. The second kappa shape index (κ2) is 6.57. The summed E-state index contributed by atoms with van der Waals surface area (Å²) in [4.78, 5) is 0.162. The maximum absolute atomic E-state index is 12.1. The molecular formula is C11H14BrCl2NO2S. The summed E-state index contributed by atoms with van der Waals surface area (Å²) in [5, 5.41) is 0.465. The van der Waals surface area contributed by atoms with Gasteiger partial charge in [0.15, 0.2) is 0 Å². The molecule has 0 aliphatic heterocycles. The summed E-state index contributed by atoms with van der Waals surface area (Å²) < 4.78 is 27.4. The Hall–Kier alpha value is 0.190. The first-order valence-electron chi connectivity index (χ1n) is 5.31. The van der Waals surface area contributed by atoms with Gasteiger partial charge >= 0.3 is 0 Å². The van der Waals surface area contributed by atoms with Gasteiger partial charge in [-0.2, -0.15) is 0 Å². The van der Waals surface area contributed by atoms with Gasteiger partial charge in [-0.25, -0.2) is 13.1 Å². The highest BCUT2D eigenvalue weighted by atomic mass is 79.9. The standard InChI is InChI=1S/C11H14BrCl2NO2S/c1-7(2)11(6-13)15-18(16,17)8-3-4-10(14)9(12)5-8/h3-5,7,11,15H,6H2,1-2H3. The number of benzene rings is 1. The minimum Gasteiger partial charge on any atom is -0.207 e. The average Bonchev–Trinajstić information content (AvgIpc) is 2.29. The van der Waals surface area contributed by atoms with Gasteiger partial charge in [0.05, 0.1) is 9.92 Å². The number of rotatable bonds is 5. The van der Waals surface area contributed by atoms with E-state index in [1.54, 1.807) is 0 Å². The van der Waals surface area contributed by atoms with Crippen LogP contribution in [0.4, 0.5) is 0 Å². The maximum Gasteiger partial charge on any atom is 0.240 e. The van der Waals surface area contributed by atoms with Crippen LogP contribution in [0, 0.1) is 5.92 Å². The lowest BCUT2D eigenvalue weighted by Gasteiger charge is -2.19. The number of alkyl halides is 1. The highest BCUT2D eigenvalue weighted by Crippen LogP contribution is 2.25. The van der Waals surface area contributed by atoms with Gasteiger partial charge in [-0.15, -0.1) is 11.6 Å². The van der Waals surface area contributed by atoms with E-state index in [1.807, 2.05) is 13.8 Å². The number of halogens is 3. The molecule has 1 atom stereocenters. The van der Waals surface area contributed by atoms with Crippen molar-refractivity contribution in [3.63, 3.8) is 0 Å². The van der Waals surface area contributed by atoms with Crippen LogP contribution < -0.4 is 4.72 Å². The van der Waals surface area contributed by atoms with Gasteiger partial charge in [-0.05, 0) is 40.0 Å². The van der Waals surface area contributed by atoms with E-state index in [1.165, 1.54) is 18.2 Å². The Bertz CT molecular complexity index is 520. The Morgan fingerprint density at radius 1 is 1.39 bits per heavy atom. The largest absolute Gasteiger partial charge is 0.240 e. The van der Waals surface area contributed by atoms with Crippen molar-refractivity contribution in [3.8, 4) is 0 Å². The van der Waals surface area contributed by atoms with Gasteiger partial charge in [-0.3, -0.25) is 0 Å². The van der Waals surface area contributed by atoms with E-state index < -0.39 is 10.0 Å². The Balaban J connectivity index is 3.02. The Morgan fingerprint density at radius 3 is 2.44 bits per heavy atom. The maximum atomic E-state index is 12.1. The van der Waals surface area contributed by atoms with Crippen molar-refractivity contribution in [1.82, 2.24) is 4.72 Å². The third kappa shape index (κ3) is 4.10. The summed E-state index contributed by atoms with van der Waals surface area (Å²) in [6, 6.07) is 4.16. The summed E-state index contributed by atoms with van der Waals surface area (Å²) in [7, 11) is -3.58. The van der Waals surface area contributed by atoms with Gasteiger partial charge < -0.3 is 0 Å². The van der Waals surface area contributed by atoms with Crippen molar-refractivity contribution in [2.45, 2.75) is 24.8 Å². The van der Waals surface area contributed by atoms with E-state index in [4.69, 9.17) is 23.2 Å². The molecule has 1 aromatic carbocycles. The minimum atomic E-state index is -3.58. The minimum absolute atomic E-state index is 0.119. The van der Waals surface area contributed by atoms with Gasteiger partial charge in [0.2, 0.25) is 10.0 Å². The summed E-state index contributed by atoms with van der Waals surface area (Å²) in [6.07, 6.45) is 0. The predicted molar refractivity (Wildman–Crippen MR) is 78.8 cm³/mol. The van der Waals surface area contributed by atoms with Crippen LogP contribution in [0.15, 0.2) is 27.6 Å². The lowest BCUT2D eigenvalue weighted by atomic mass is 10.1. The van der Waals surface area contributed by atoms with Crippen LogP contribution >= 0.6 is 39.1 Å². The van der Waals surface area contributed by atoms with E-state index in [-0.39, 0.29) is 22.7 Å². The molecule has 0 radical (unpaired) electrons. The molecule has 1 N–H and O–H groups in total. The van der Waals surface area contributed by atoms with Crippen molar-refractivity contribution in [2.75, 3.05) is 5.88 Å². The predicted octanol–water partition coefficient (Wildman–Crippen LogP) is 3.64. The van der Waals surface area contributed by atoms with E-state index >= 15 is 0 Å². The summed E-state index contributed by atoms with van der Waals surface area (Å²) in [6.45, 7) is 3.82. The second-order valence-electron chi connectivity index (χ2n) is 4.20. The molecule has 0 aliphatic carbocycles. The zero-order chi connectivity index (χ0) is 13.9. The molecule has 102 valence electrons. The SMILES string of the molecule is CC(C)C(CCl)NS(=O)(=O)c1ccc(Cl)c(Br)c1. The van der Waals surface area contributed by atoms with Crippen LogP contribution in [0.5, 0.6) is 0 Å². The molecule has 0 bridgehead atoms. The zero-order valence-corrected chi connectivity index (χ0v) is 13.9. The lowest BCUT2D eigenvalue weighted by molar-refractivity contribution is 0.480. The fraction of sp³-hybridized carbons (Fsp3) is 0.455. The van der Waals surface area contributed by atoms with Crippen LogP contribution in [-0.4, -0.2) is 20.3 Å². The smallest absolute Gasteiger partial charge is 0.207 e. The first-order valence-corrected chi connectivity index (χ1v) is 8.50. The third-order valence-electron chi connectivity index (χ3n) is 2.48. The molecule has 1 rings (SSSR count). The number of hydrogen-bond acceptors (Lipinski definition) is 2. The highest BCUT2D eigenvalue weighted by molar-refractivity contribution is 9.10. The molecule has 0 fully saturated rings. The number of sulfonamides is 1. The Labute approximate surface area is 126 Å². The first-order chi connectivity index (χ1) is 8.27. The molecule has 18 heavy (non-hydrogen) atoms. The molecule has 7 heteroatoms. The van der Waals surface area contributed by atoms with Crippen molar-refractivity contribution in [3.05, 3.63) is 27.7 Å². The summed E-state index contributed by atoms with van der Waals surface area (Å²) in [5.41, 5.74) is 0. The topological polar surface area (TPSA) is 46.2 Å². The van der Waals surface area contributed by atoms with Gasteiger partial charge in [-0.1, -0.05) is 25.4 Å².